The van der Waals surface area contributed by atoms with Gasteiger partial charge in [0.15, 0.2) is 0 Å². The third-order valence-corrected chi connectivity index (χ3v) is 2.23. The maximum absolute atomic E-state index is 11.8. The van der Waals surface area contributed by atoms with Gasteiger partial charge in [-0.25, -0.2) is 0 Å². The fourth-order valence-electron chi connectivity index (χ4n) is 0.791. The number of aromatic amines is 1. The van der Waals surface area contributed by atoms with Crippen molar-refractivity contribution in [2.24, 2.45) is 0 Å². The molecule has 0 atom stereocenters. The van der Waals surface area contributed by atoms with E-state index in [1.807, 2.05) is 4.98 Å². The highest BCUT2D eigenvalue weighted by molar-refractivity contribution is 9.10. The van der Waals surface area contributed by atoms with Gasteiger partial charge in [-0.1, -0.05) is 15.9 Å². The number of rotatable bonds is 1. The first kappa shape index (κ1) is 11.1. The van der Waals surface area contributed by atoms with Crippen LogP contribution in [0.25, 0.3) is 0 Å². The summed E-state index contributed by atoms with van der Waals surface area (Å²) in [5.74, 6) is -0.600. The Hall–Kier alpha value is -0.980. The molecule has 1 aromatic rings. The second-order valence-electron chi connectivity index (χ2n) is 2.48. The van der Waals surface area contributed by atoms with Crippen molar-refractivity contribution >= 4 is 15.9 Å². The lowest BCUT2D eigenvalue weighted by atomic mass is 10.3. The van der Waals surface area contributed by atoms with E-state index in [0.29, 0.717) is 0 Å². The lowest BCUT2D eigenvalue weighted by Gasteiger charge is -2.10. The summed E-state index contributed by atoms with van der Waals surface area (Å²) in [7, 11) is 0. The molecular weight excluding hydrogens is 267 g/mol. The molecule has 1 heterocycles. The Kier molecular flexibility index (Phi) is 2.89. The van der Waals surface area contributed by atoms with E-state index in [2.05, 4.69) is 20.7 Å². The summed E-state index contributed by atoms with van der Waals surface area (Å²) in [5, 5.41) is 0. The van der Waals surface area contributed by atoms with Gasteiger partial charge in [0.25, 0.3) is 5.56 Å². The second-order valence-corrected chi connectivity index (χ2v) is 3.34. The molecule has 0 bridgehead atoms. The number of hydrogen-bond acceptors (Lipinski definition) is 2. The van der Waals surface area contributed by atoms with Gasteiger partial charge in [-0.3, -0.25) is 9.78 Å². The van der Waals surface area contributed by atoms with Gasteiger partial charge >= 0.3 is 6.36 Å². The summed E-state index contributed by atoms with van der Waals surface area (Å²) in [6.07, 6.45) is -4.81. The van der Waals surface area contributed by atoms with Crippen LogP contribution in [0.4, 0.5) is 13.2 Å². The van der Waals surface area contributed by atoms with E-state index < -0.39 is 17.8 Å². The normalized spacial score (nSPS) is 11.5. The van der Waals surface area contributed by atoms with E-state index >= 15 is 0 Å². The predicted octanol–water partition coefficient (Wildman–Crippen LogP) is 2.34. The van der Waals surface area contributed by atoms with Gasteiger partial charge in [0.2, 0.25) is 5.88 Å². The first-order valence-electron chi connectivity index (χ1n) is 3.45. The molecule has 1 aromatic heterocycles. The molecular formula is C7H5BrF3NO2. The Morgan fingerprint density at radius 2 is 2.07 bits per heavy atom. The molecule has 0 unspecified atom stereocenters. The van der Waals surface area contributed by atoms with E-state index in [1.165, 1.54) is 6.92 Å². The predicted molar refractivity (Wildman–Crippen MR) is 46.2 cm³/mol. The molecule has 0 saturated heterocycles. The van der Waals surface area contributed by atoms with Crippen LogP contribution in [0, 0.1) is 6.92 Å². The Morgan fingerprint density at radius 1 is 1.50 bits per heavy atom. The zero-order valence-corrected chi connectivity index (χ0v) is 8.49. The average molecular weight is 272 g/mol. The van der Waals surface area contributed by atoms with Gasteiger partial charge < -0.3 is 4.74 Å². The highest BCUT2D eigenvalue weighted by Crippen LogP contribution is 2.26. The fourth-order valence-corrected chi connectivity index (χ4v) is 1.18. The highest BCUT2D eigenvalue weighted by Gasteiger charge is 2.32. The molecule has 0 saturated carbocycles. The number of pyridine rings is 1. The van der Waals surface area contributed by atoms with Crippen molar-refractivity contribution in [3.05, 3.63) is 26.5 Å². The van der Waals surface area contributed by atoms with Gasteiger partial charge in [0.05, 0.1) is 0 Å². The van der Waals surface area contributed by atoms with Crippen molar-refractivity contribution in [2.75, 3.05) is 0 Å². The quantitative estimate of drug-likeness (QED) is 0.852. The van der Waals surface area contributed by atoms with Crippen LogP contribution in [0.3, 0.4) is 0 Å². The summed E-state index contributed by atoms with van der Waals surface area (Å²) in [6.45, 7) is 1.39. The molecule has 0 aliphatic carbocycles. The van der Waals surface area contributed by atoms with E-state index in [1.54, 1.807) is 0 Å². The van der Waals surface area contributed by atoms with Crippen LogP contribution in [0.2, 0.25) is 0 Å². The first-order chi connectivity index (χ1) is 6.29. The van der Waals surface area contributed by atoms with Gasteiger partial charge in [-0.05, 0) is 6.92 Å². The number of aromatic nitrogens is 1. The minimum absolute atomic E-state index is 0.182. The summed E-state index contributed by atoms with van der Waals surface area (Å²) in [6, 6.07) is 1.12. The zero-order valence-electron chi connectivity index (χ0n) is 6.91. The first-order valence-corrected chi connectivity index (χ1v) is 4.24. The van der Waals surface area contributed by atoms with Crippen molar-refractivity contribution in [1.82, 2.24) is 4.98 Å². The fraction of sp³-hybridized carbons (Fsp3) is 0.286. The standard InChI is InChI=1S/C7H5BrF3NO2/c1-3-4(8)2-5(13)12-6(3)14-7(9,10)11/h2H,1H3,(H,12,13). The van der Waals surface area contributed by atoms with Crippen molar-refractivity contribution in [3.63, 3.8) is 0 Å². The second kappa shape index (κ2) is 3.64. The maximum Gasteiger partial charge on any atom is 0.574 e. The molecule has 0 fully saturated rings. The lowest BCUT2D eigenvalue weighted by molar-refractivity contribution is -0.276. The summed E-state index contributed by atoms with van der Waals surface area (Å²) in [4.78, 5) is 12.8. The molecule has 7 heteroatoms. The van der Waals surface area contributed by atoms with Gasteiger partial charge in [0.1, 0.15) is 0 Å². The summed E-state index contributed by atoms with van der Waals surface area (Å²) >= 11 is 2.94. The van der Waals surface area contributed by atoms with Crippen LogP contribution in [0.1, 0.15) is 5.56 Å². The Morgan fingerprint density at radius 3 is 2.57 bits per heavy atom. The molecule has 0 aliphatic heterocycles. The Bertz CT molecular complexity index is 399. The minimum atomic E-state index is -4.81. The molecule has 0 spiro atoms. The summed E-state index contributed by atoms with van der Waals surface area (Å²) < 4.78 is 39.3. The van der Waals surface area contributed by atoms with Crippen LogP contribution < -0.4 is 10.3 Å². The third-order valence-electron chi connectivity index (χ3n) is 1.41. The van der Waals surface area contributed by atoms with E-state index in [9.17, 15) is 18.0 Å². The van der Waals surface area contributed by atoms with Crippen molar-refractivity contribution in [2.45, 2.75) is 13.3 Å². The Labute approximate surface area is 85.0 Å². The van der Waals surface area contributed by atoms with Crippen LogP contribution >= 0.6 is 15.9 Å². The molecule has 1 N–H and O–H groups in total. The number of nitrogens with one attached hydrogen (secondary N) is 1. The molecule has 3 nitrogen and oxygen atoms in total. The molecule has 1 rings (SSSR count). The van der Waals surface area contributed by atoms with Gasteiger partial charge in [-0.15, -0.1) is 13.2 Å². The number of alkyl halides is 3. The largest absolute Gasteiger partial charge is 0.574 e. The van der Waals surface area contributed by atoms with Gasteiger partial charge in [0, 0.05) is 16.1 Å². The number of hydrogen-bond donors (Lipinski definition) is 1. The Balaban J connectivity index is 3.15. The van der Waals surface area contributed by atoms with Crippen LogP contribution in [-0.4, -0.2) is 11.3 Å². The van der Waals surface area contributed by atoms with Crippen molar-refractivity contribution < 1.29 is 17.9 Å². The SMILES string of the molecule is Cc1c(Br)cc(=O)[nH]c1OC(F)(F)F. The maximum atomic E-state index is 11.8. The lowest BCUT2D eigenvalue weighted by Crippen LogP contribution is -2.21. The van der Waals surface area contributed by atoms with Crippen molar-refractivity contribution in [3.8, 4) is 5.88 Å². The zero-order chi connectivity index (χ0) is 10.9. The van der Waals surface area contributed by atoms with Crippen LogP contribution in [0.15, 0.2) is 15.3 Å². The number of H-pyrrole nitrogens is 1. The number of ether oxygens (including phenoxy) is 1. The van der Waals surface area contributed by atoms with E-state index in [0.717, 1.165) is 6.07 Å². The molecule has 0 aromatic carbocycles. The van der Waals surface area contributed by atoms with Gasteiger partial charge in [-0.2, -0.15) is 0 Å². The number of halogens is 4. The minimum Gasteiger partial charge on any atom is -0.390 e. The van der Waals surface area contributed by atoms with Crippen LogP contribution in [-0.2, 0) is 0 Å². The smallest absolute Gasteiger partial charge is 0.390 e. The highest BCUT2D eigenvalue weighted by atomic mass is 79.9. The van der Waals surface area contributed by atoms with E-state index in [4.69, 9.17) is 0 Å². The average Bonchev–Trinajstić information content (AvgIpc) is 1.96. The van der Waals surface area contributed by atoms with Crippen molar-refractivity contribution in [1.29, 1.82) is 0 Å². The summed E-state index contributed by atoms with van der Waals surface area (Å²) in [5.41, 5.74) is -0.483. The molecule has 0 amide bonds. The molecule has 0 radical (unpaired) electrons. The molecule has 14 heavy (non-hydrogen) atoms. The molecule has 78 valence electrons. The molecule has 0 aliphatic rings. The monoisotopic (exact) mass is 271 g/mol. The third kappa shape index (κ3) is 2.76. The van der Waals surface area contributed by atoms with Crippen LogP contribution in [0.5, 0.6) is 5.88 Å². The van der Waals surface area contributed by atoms with E-state index in [-0.39, 0.29) is 10.0 Å². The topological polar surface area (TPSA) is 42.1 Å².